The first kappa shape index (κ1) is 19.2. The third kappa shape index (κ3) is 3.55. The highest BCUT2D eigenvalue weighted by atomic mass is 35.5. The van der Waals surface area contributed by atoms with Crippen LogP contribution in [0.2, 0.25) is 5.02 Å². The summed E-state index contributed by atoms with van der Waals surface area (Å²) in [6.45, 7) is 1.45. The molecule has 0 fully saturated rings. The lowest BCUT2D eigenvalue weighted by Crippen LogP contribution is -2.17. The molecule has 6 heteroatoms. The van der Waals surface area contributed by atoms with Gasteiger partial charge in [-0.25, -0.2) is 0 Å². The third-order valence-corrected chi connectivity index (χ3v) is 5.93. The fourth-order valence-electron chi connectivity index (χ4n) is 4.17. The molecule has 5 heterocycles. The maximum Gasteiger partial charge on any atom is 0.167 e. The second kappa shape index (κ2) is 7.55. The second-order valence-electron chi connectivity index (χ2n) is 8.21. The van der Waals surface area contributed by atoms with Crippen molar-refractivity contribution >= 4 is 28.0 Å². The van der Waals surface area contributed by atoms with E-state index in [9.17, 15) is 0 Å². The Morgan fingerprint density at radius 2 is 1.84 bits per heavy atom. The molecule has 0 spiro atoms. The van der Waals surface area contributed by atoms with Gasteiger partial charge < -0.3 is 13.7 Å². The molecular weight excluding hydrogens is 422 g/mol. The molecule has 0 aliphatic rings. The van der Waals surface area contributed by atoms with E-state index in [2.05, 4.69) is 58.0 Å². The Hall–Kier alpha value is -3.54. The van der Waals surface area contributed by atoms with Crippen LogP contribution in [0.15, 0.2) is 83.5 Å². The fraction of sp³-hybridized carbons (Fsp3) is 0.115. The smallest absolute Gasteiger partial charge is 0.167 e. The first-order valence-electron chi connectivity index (χ1n) is 10.4. The minimum atomic E-state index is 0.679. The molecule has 7 aromatic rings. The molecule has 4 bridgehead atoms. The van der Waals surface area contributed by atoms with Crippen LogP contribution in [0.5, 0.6) is 11.5 Å². The van der Waals surface area contributed by atoms with Crippen molar-refractivity contribution in [2.75, 3.05) is 7.05 Å². The van der Waals surface area contributed by atoms with Gasteiger partial charge in [-0.3, -0.25) is 4.90 Å². The van der Waals surface area contributed by atoms with Gasteiger partial charge in [0, 0.05) is 59.0 Å². The number of benzene rings is 2. The van der Waals surface area contributed by atoms with Crippen molar-refractivity contribution in [3.8, 4) is 22.8 Å². The van der Waals surface area contributed by atoms with Crippen molar-refractivity contribution in [2.45, 2.75) is 13.1 Å². The average molecular weight is 442 g/mol. The average Bonchev–Trinajstić information content (AvgIpc) is 3.45. The number of hydrogen-bond acceptors (Lipinski definition) is 4. The summed E-state index contributed by atoms with van der Waals surface area (Å²) < 4.78 is 13.8. The summed E-state index contributed by atoms with van der Waals surface area (Å²) in [5.41, 5.74) is 5.41. The van der Waals surface area contributed by atoms with E-state index in [4.69, 9.17) is 20.9 Å². The van der Waals surface area contributed by atoms with Crippen LogP contribution in [0.3, 0.4) is 0 Å². The maximum absolute atomic E-state index is 6.14. The number of aromatic nitrogens is 2. The van der Waals surface area contributed by atoms with Gasteiger partial charge in [0.25, 0.3) is 0 Å². The number of rotatable bonds is 7. The molecule has 2 aromatic carbocycles. The molecule has 0 aliphatic heterocycles. The molecule has 5 aromatic heterocycles. The third-order valence-electron chi connectivity index (χ3n) is 5.68. The Labute approximate surface area is 190 Å². The molecule has 158 valence electrons. The number of nitrogens with zero attached hydrogens (tertiary/aromatic N) is 3. The Kier molecular flexibility index (Phi) is 4.52. The van der Waals surface area contributed by atoms with Gasteiger partial charge in [-0.2, -0.15) is 0 Å². The first-order valence-corrected chi connectivity index (χ1v) is 10.8. The minimum Gasteiger partial charge on any atom is -0.457 e. The second-order valence-corrected chi connectivity index (χ2v) is 8.65. The molecule has 32 heavy (non-hydrogen) atoms. The maximum atomic E-state index is 6.14. The summed E-state index contributed by atoms with van der Waals surface area (Å²) in [5, 5.41) is 6.20. The van der Waals surface area contributed by atoms with E-state index in [-0.39, 0.29) is 0 Å². The molecule has 0 amide bonds. The van der Waals surface area contributed by atoms with Gasteiger partial charge in [-0.15, -0.1) is 0 Å². The van der Waals surface area contributed by atoms with Crippen LogP contribution in [0, 0.1) is 0 Å². The van der Waals surface area contributed by atoms with E-state index in [0.29, 0.717) is 11.6 Å². The van der Waals surface area contributed by atoms with Crippen molar-refractivity contribution in [1.82, 2.24) is 14.5 Å². The van der Waals surface area contributed by atoms with E-state index in [1.165, 1.54) is 22.0 Å². The fourth-order valence-corrected chi connectivity index (χ4v) is 4.30. The summed E-state index contributed by atoms with van der Waals surface area (Å²) in [6.07, 6.45) is 2.14. The SMILES string of the molecule is CN(Cc1cccc(Oc2cc3cc4cn3c4c2)c1)Cc1cc(-c2ccc(Cl)cc2)on1. The monoisotopic (exact) mass is 441 g/mol. The first-order chi connectivity index (χ1) is 15.6. The van der Waals surface area contributed by atoms with Crippen molar-refractivity contribution in [3.63, 3.8) is 0 Å². The topological polar surface area (TPSA) is 42.9 Å². The van der Waals surface area contributed by atoms with Crippen molar-refractivity contribution < 1.29 is 9.26 Å². The molecule has 0 radical (unpaired) electrons. The minimum absolute atomic E-state index is 0.679. The summed E-state index contributed by atoms with van der Waals surface area (Å²) in [5.74, 6) is 2.45. The number of halogens is 1. The quantitative estimate of drug-likeness (QED) is 0.276. The highest BCUT2D eigenvalue weighted by Gasteiger charge is 2.13. The van der Waals surface area contributed by atoms with Crippen molar-refractivity contribution in [2.24, 2.45) is 0 Å². The zero-order valence-electron chi connectivity index (χ0n) is 17.5. The van der Waals surface area contributed by atoms with Gasteiger partial charge in [0.15, 0.2) is 5.76 Å². The van der Waals surface area contributed by atoms with Crippen LogP contribution < -0.4 is 4.74 Å². The lowest BCUT2D eigenvalue weighted by molar-refractivity contribution is 0.304. The molecule has 0 saturated heterocycles. The van der Waals surface area contributed by atoms with E-state index in [1.54, 1.807) is 0 Å². The lowest BCUT2D eigenvalue weighted by Gasteiger charge is -2.16. The summed E-state index contributed by atoms with van der Waals surface area (Å²) in [7, 11) is 2.07. The van der Waals surface area contributed by atoms with Crippen LogP contribution in [-0.4, -0.2) is 21.5 Å². The number of pyridine rings is 1. The van der Waals surface area contributed by atoms with Gasteiger partial charge in [0.05, 0.1) is 11.2 Å². The van der Waals surface area contributed by atoms with Gasteiger partial charge >= 0.3 is 0 Å². The summed E-state index contributed by atoms with van der Waals surface area (Å²) in [6, 6.07) is 24.1. The standard InChI is InChI=1S/C26H20ClN3O2/c1-29(16-21-11-26(32-28-21)18-5-7-20(27)8-6-18)14-17-3-2-4-23(9-17)31-24-12-22-10-19-15-30(22)25(19)13-24/h2-13,15H,14,16H2,1H3. The Bertz CT molecular complexity index is 1470. The zero-order chi connectivity index (χ0) is 21.7. The van der Waals surface area contributed by atoms with Crippen molar-refractivity contribution in [3.05, 3.63) is 95.3 Å². The van der Waals surface area contributed by atoms with Crippen LogP contribution in [0.1, 0.15) is 11.3 Å². The molecule has 0 aliphatic carbocycles. The molecule has 0 atom stereocenters. The Morgan fingerprint density at radius 1 is 0.969 bits per heavy atom. The normalized spacial score (nSPS) is 12.0. The van der Waals surface area contributed by atoms with Crippen LogP contribution in [-0.2, 0) is 13.1 Å². The number of ether oxygens (including phenoxy) is 1. The highest BCUT2D eigenvalue weighted by molar-refractivity contribution is 6.30. The van der Waals surface area contributed by atoms with Gasteiger partial charge in [-0.05, 0) is 55.1 Å². The summed E-state index contributed by atoms with van der Waals surface area (Å²) in [4.78, 5) is 2.20. The molecule has 0 N–H and O–H groups in total. The summed E-state index contributed by atoms with van der Waals surface area (Å²) >= 11 is 5.96. The van der Waals surface area contributed by atoms with Gasteiger partial charge in [0.1, 0.15) is 11.5 Å². The molecular formula is C26H20ClN3O2. The van der Waals surface area contributed by atoms with Crippen LogP contribution in [0.4, 0.5) is 0 Å². The van der Waals surface area contributed by atoms with Gasteiger partial charge in [-0.1, -0.05) is 28.9 Å². The zero-order valence-corrected chi connectivity index (χ0v) is 18.2. The van der Waals surface area contributed by atoms with E-state index < -0.39 is 0 Å². The van der Waals surface area contributed by atoms with Crippen LogP contribution >= 0.6 is 11.6 Å². The molecule has 5 nitrogen and oxygen atoms in total. The van der Waals surface area contributed by atoms with E-state index >= 15 is 0 Å². The van der Waals surface area contributed by atoms with E-state index in [0.717, 1.165) is 35.1 Å². The largest absolute Gasteiger partial charge is 0.457 e. The number of hydrogen-bond donors (Lipinski definition) is 0. The lowest BCUT2D eigenvalue weighted by atomic mass is 10.1. The molecule has 0 saturated carbocycles. The molecule has 0 unspecified atom stereocenters. The van der Waals surface area contributed by atoms with Gasteiger partial charge in [0.2, 0.25) is 0 Å². The Balaban J connectivity index is 1.11. The highest BCUT2D eigenvalue weighted by Crippen LogP contribution is 2.33. The van der Waals surface area contributed by atoms with Crippen LogP contribution in [0.25, 0.3) is 27.7 Å². The predicted octanol–water partition coefficient (Wildman–Crippen LogP) is 6.70. The predicted molar refractivity (Wildman–Crippen MR) is 126 cm³/mol. The Morgan fingerprint density at radius 3 is 2.69 bits per heavy atom. The van der Waals surface area contributed by atoms with Crippen molar-refractivity contribution in [1.29, 1.82) is 0 Å². The molecule has 7 rings (SSSR count). The van der Waals surface area contributed by atoms with E-state index in [1.807, 2.05) is 42.5 Å².